The number of aromatic amines is 1. The van der Waals surface area contributed by atoms with Crippen LogP contribution in [0.3, 0.4) is 0 Å². The number of H-pyrrole nitrogens is 1. The van der Waals surface area contributed by atoms with Crippen LogP contribution in [0.15, 0.2) is 15.5 Å². The fourth-order valence-electron chi connectivity index (χ4n) is 0.562. The summed E-state index contributed by atoms with van der Waals surface area (Å²) in [6, 6.07) is 0. The fourth-order valence-corrected chi connectivity index (χ4v) is 0.562. The van der Waals surface area contributed by atoms with Gasteiger partial charge in [0.25, 0.3) is 0 Å². The SMILES string of the molecule is CN(C)c1c[nH]oc1=O. The molecule has 1 heterocycles. The van der Waals surface area contributed by atoms with Crippen LogP contribution in [0.4, 0.5) is 5.69 Å². The highest BCUT2D eigenvalue weighted by Crippen LogP contribution is 1.98. The molecule has 0 radical (unpaired) electrons. The van der Waals surface area contributed by atoms with Gasteiger partial charge in [0.2, 0.25) is 0 Å². The predicted octanol–water partition coefficient (Wildman–Crippen LogP) is 0.0339. The minimum absolute atomic E-state index is 0.333. The molecule has 0 bridgehead atoms. The molecule has 0 unspecified atom stereocenters. The summed E-state index contributed by atoms with van der Waals surface area (Å²) in [4.78, 5) is 12.3. The molecule has 4 heteroatoms. The number of aromatic nitrogens is 1. The van der Waals surface area contributed by atoms with Crippen molar-refractivity contribution in [3.05, 3.63) is 16.6 Å². The summed E-state index contributed by atoms with van der Waals surface area (Å²) in [5, 5.41) is 2.35. The molecule has 0 atom stereocenters. The van der Waals surface area contributed by atoms with E-state index in [4.69, 9.17) is 0 Å². The zero-order valence-corrected chi connectivity index (χ0v) is 5.34. The van der Waals surface area contributed by atoms with E-state index in [0.717, 1.165) is 0 Å². The zero-order chi connectivity index (χ0) is 6.85. The van der Waals surface area contributed by atoms with Crippen LogP contribution in [0.2, 0.25) is 0 Å². The molecule has 0 fully saturated rings. The first-order chi connectivity index (χ1) is 4.22. The van der Waals surface area contributed by atoms with Gasteiger partial charge in [-0.3, -0.25) is 0 Å². The second kappa shape index (κ2) is 1.97. The third-order valence-corrected chi connectivity index (χ3v) is 1.04. The maximum atomic E-state index is 10.6. The Morgan fingerprint density at radius 2 is 2.33 bits per heavy atom. The first kappa shape index (κ1) is 5.94. The van der Waals surface area contributed by atoms with Gasteiger partial charge < -0.3 is 9.42 Å². The lowest BCUT2D eigenvalue weighted by Gasteiger charge is -2.03. The van der Waals surface area contributed by atoms with E-state index in [0.29, 0.717) is 5.69 Å². The largest absolute Gasteiger partial charge is 0.380 e. The van der Waals surface area contributed by atoms with Gasteiger partial charge in [0.1, 0.15) is 5.69 Å². The van der Waals surface area contributed by atoms with Crippen LogP contribution >= 0.6 is 0 Å². The molecule has 1 rings (SSSR count). The van der Waals surface area contributed by atoms with E-state index >= 15 is 0 Å². The summed E-state index contributed by atoms with van der Waals surface area (Å²) in [6.45, 7) is 0. The average Bonchev–Trinajstić information content (AvgIpc) is 2.13. The number of nitrogens with zero attached hydrogens (tertiary/aromatic N) is 1. The first-order valence-corrected chi connectivity index (χ1v) is 2.56. The summed E-state index contributed by atoms with van der Waals surface area (Å²) >= 11 is 0. The number of hydrogen-bond acceptors (Lipinski definition) is 3. The molecule has 1 aromatic rings. The van der Waals surface area contributed by atoms with Crippen molar-refractivity contribution in [3.8, 4) is 0 Å². The Morgan fingerprint density at radius 3 is 2.56 bits per heavy atom. The van der Waals surface area contributed by atoms with Gasteiger partial charge in [-0.15, -0.1) is 0 Å². The summed E-state index contributed by atoms with van der Waals surface area (Å²) in [6.07, 6.45) is 1.52. The van der Waals surface area contributed by atoms with Gasteiger partial charge in [0.15, 0.2) is 0 Å². The van der Waals surface area contributed by atoms with E-state index in [-0.39, 0.29) is 5.63 Å². The second-order valence-corrected chi connectivity index (χ2v) is 1.93. The van der Waals surface area contributed by atoms with E-state index in [1.807, 2.05) is 0 Å². The van der Waals surface area contributed by atoms with E-state index in [1.54, 1.807) is 19.0 Å². The van der Waals surface area contributed by atoms with Crippen molar-refractivity contribution < 1.29 is 4.52 Å². The van der Waals surface area contributed by atoms with Crippen molar-refractivity contribution in [2.75, 3.05) is 19.0 Å². The van der Waals surface area contributed by atoms with Crippen molar-refractivity contribution >= 4 is 5.69 Å². The van der Waals surface area contributed by atoms with Gasteiger partial charge in [0.05, 0.1) is 6.20 Å². The first-order valence-electron chi connectivity index (χ1n) is 2.56. The van der Waals surface area contributed by atoms with Crippen molar-refractivity contribution in [2.24, 2.45) is 0 Å². The monoisotopic (exact) mass is 128 g/mol. The van der Waals surface area contributed by atoms with Gasteiger partial charge >= 0.3 is 5.63 Å². The Labute approximate surface area is 52.0 Å². The minimum atomic E-state index is -0.333. The molecule has 0 saturated carbocycles. The number of nitrogens with one attached hydrogen (secondary N) is 1. The van der Waals surface area contributed by atoms with Crippen LogP contribution in [0.25, 0.3) is 0 Å². The van der Waals surface area contributed by atoms with Crippen LogP contribution in [0.5, 0.6) is 0 Å². The van der Waals surface area contributed by atoms with E-state index < -0.39 is 0 Å². The lowest BCUT2D eigenvalue weighted by Crippen LogP contribution is -2.14. The Hall–Kier alpha value is -1.19. The Balaban J connectivity index is 3.08. The van der Waals surface area contributed by atoms with Crippen molar-refractivity contribution in [3.63, 3.8) is 0 Å². The van der Waals surface area contributed by atoms with Gasteiger partial charge in [-0.05, 0) is 0 Å². The number of anilines is 1. The highest BCUT2D eigenvalue weighted by atomic mass is 16.5. The van der Waals surface area contributed by atoms with Crippen molar-refractivity contribution in [1.29, 1.82) is 0 Å². The smallest absolute Gasteiger partial charge is 0.370 e. The van der Waals surface area contributed by atoms with Crippen LogP contribution in [0, 0.1) is 0 Å². The topological polar surface area (TPSA) is 49.2 Å². The highest BCUT2D eigenvalue weighted by Gasteiger charge is 2.01. The number of hydrogen-bond donors (Lipinski definition) is 1. The maximum Gasteiger partial charge on any atom is 0.380 e. The van der Waals surface area contributed by atoms with Crippen molar-refractivity contribution in [2.45, 2.75) is 0 Å². The molecular weight excluding hydrogens is 120 g/mol. The van der Waals surface area contributed by atoms with Crippen LogP contribution in [0.1, 0.15) is 0 Å². The lowest BCUT2D eigenvalue weighted by atomic mass is 10.5. The Bertz CT molecular complexity index is 235. The maximum absolute atomic E-state index is 10.6. The third-order valence-electron chi connectivity index (χ3n) is 1.04. The van der Waals surface area contributed by atoms with Crippen molar-refractivity contribution in [1.82, 2.24) is 5.16 Å². The molecule has 1 N–H and O–H groups in total. The molecule has 50 valence electrons. The molecule has 0 saturated heterocycles. The summed E-state index contributed by atoms with van der Waals surface area (Å²) < 4.78 is 4.40. The molecule has 9 heavy (non-hydrogen) atoms. The molecule has 0 aromatic carbocycles. The van der Waals surface area contributed by atoms with Crippen LogP contribution < -0.4 is 10.5 Å². The minimum Gasteiger partial charge on any atom is -0.370 e. The van der Waals surface area contributed by atoms with Crippen LogP contribution in [-0.4, -0.2) is 19.3 Å². The molecule has 0 aliphatic heterocycles. The Morgan fingerprint density at radius 1 is 1.67 bits per heavy atom. The molecule has 0 aliphatic carbocycles. The van der Waals surface area contributed by atoms with E-state index in [9.17, 15) is 4.79 Å². The molecule has 1 aromatic heterocycles. The predicted molar refractivity (Wildman–Crippen MR) is 33.7 cm³/mol. The van der Waals surface area contributed by atoms with Gasteiger partial charge in [-0.1, -0.05) is 0 Å². The normalized spacial score (nSPS) is 9.56. The van der Waals surface area contributed by atoms with Gasteiger partial charge in [-0.2, -0.15) is 0 Å². The quantitative estimate of drug-likeness (QED) is 0.580. The van der Waals surface area contributed by atoms with Gasteiger partial charge in [0, 0.05) is 14.1 Å². The number of rotatable bonds is 1. The van der Waals surface area contributed by atoms with E-state index in [2.05, 4.69) is 9.68 Å². The zero-order valence-electron chi connectivity index (χ0n) is 5.34. The highest BCUT2D eigenvalue weighted by molar-refractivity contribution is 5.38. The van der Waals surface area contributed by atoms with E-state index in [1.165, 1.54) is 6.20 Å². The standard InChI is InChI=1S/C5H8N2O2/c1-7(2)4-3-6-9-5(4)8/h3,6H,1-2H3. The Kier molecular flexibility index (Phi) is 1.30. The summed E-state index contributed by atoms with van der Waals surface area (Å²) in [7, 11) is 3.56. The molecule has 0 spiro atoms. The third kappa shape index (κ3) is 0.960. The molecule has 0 amide bonds. The van der Waals surface area contributed by atoms with Crippen LogP contribution in [-0.2, 0) is 0 Å². The molecule has 0 aliphatic rings. The molecular formula is C5H8N2O2. The fraction of sp³-hybridized carbons (Fsp3) is 0.400. The lowest BCUT2D eigenvalue weighted by molar-refractivity contribution is 0.392. The van der Waals surface area contributed by atoms with Gasteiger partial charge in [-0.25, -0.2) is 9.95 Å². The summed E-state index contributed by atoms with van der Waals surface area (Å²) in [5.74, 6) is 0. The average molecular weight is 128 g/mol. The molecule has 4 nitrogen and oxygen atoms in total. The second-order valence-electron chi connectivity index (χ2n) is 1.93. The summed E-state index contributed by atoms with van der Waals surface area (Å²) in [5.41, 5.74) is 0.204.